The van der Waals surface area contributed by atoms with Gasteiger partial charge in [-0.3, -0.25) is 9.48 Å². The summed E-state index contributed by atoms with van der Waals surface area (Å²) in [5, 5.41) is 8.52. The van der Waals surface area contributed by atoms with Gasteiger partial charge in [-0.2, -0.15) is 5.10 Å². The lowest BCUT2D eigenvalue weighted by molar-refractivity contribution is 0.0950. The Balaban J connectivity index is 1.51. The number of nitrogens with one attached hydrogen (secondary N) is 1. The van der Waals surface area contributed by atoms with Crippen LogP contribution in [0.3, 0.4) is 0 Å². The van der Waals surface area contributed by atoms with E-state index in [0.717, 1.165) is 22.2 Å². The van der Waals surface area contributed by atoms with E-state index in [1.54, 1.807) is 0 Å². The molecule has 5 heteroatoms. The van der Waals surface area contributed by atoms with Crippen molar-refractivity contribution in [2.75, 3.05) is 6.61 Å². The van der Waals surface area contributed by atoms with Gasteiger partial charge < -0.3 is 10.1 Å². The smallest absolute Gasteiger partial charge is 0.251 e. The maximum Gasteiger partial charge on any atom is 0.251 e. The van der Waals surface area contributed by atoms with Crippen LogP contribution in [0, 0.1) is 6.92 Å². The molecule has 0 saturated heterocycles. The summed E-state index contributed by atoms with van der Waals surface area (Å²) in [6.07, 6.45) is 1.84. The Bertz CT molecular complexity index is 1160. The normalized spacial score (nSPS) is 10.9. The summed E-state index contributed by atoms with van der Waals surface area (Å²) in [4.78, 5) is 12.8. The second-order valence-corrected chi connectivity index (χ2v) is 7.28. The summed E-state index contributed by atoms with van der Waals surface area (Å²) in [5.74, 6) is 0.679. The van der Waals surface area contributed by atoms with Crippen molar-refractivity contribution in [2.45, 2.75) is 26.9 Å². The quantitative estimate of drug-likeness (QED) is 0.489. The fourth-order valence-electron chi connectivity index (χ4n) is 3.43. The molecule has 0 spiro atoms. The SMILES string of the molecule is CCOc1ccccc1CNC(=O)c1ccc2cnn(Cc3ccc(C)cc3)c2c1. The highest BCUT2D eigenvalue weighted by atomic mass is 16.5. The highest BCUT2D eigenvalue weighted by molar-refractivity contribution is 5.97. The van der Waals surface area contributed by atoms with Gasteiger partial charge in [-0.1, -0.05) is 54.1 Å². The van der Waals surface area contributed by atoms with E-state index in [0.29, 0.717) is 25.3 Å². The minimum atomic E-state index is -0.119. The van der Waals surface area contributed by atoms with Crippen LogP contribution in [0.4, 0.5) is 0 Å². The number of rotatable bonds is 7. The van der Waals surface area contributed by atoms with Gasteiger partial charge in [0.1, 0.15) is 5.75 Å². The Hall–Kier alpha value is -3.60. The molecule has 1 amide bonds. The van der Waals surface area contributed by atoms with Gasteiger partial charge in [-0.15, -0.1) is 0 Å². The Morgan fingerprint density at radius 1 is 1.07 bits per heavy atom. The molecule has 1 aromatic heterocycles. The molecule has 5 nitrogen and oxygen atoms in total. The third-order valence-corrected chi connectivity index (χ3v) is 5.07. The molecule has 1 N–H and O–H groups in total. The molecule has 0 bridgehead atoms. The molecule has 0 aliphatic carbocycles. The van der Waals surface area contributed by atoms with E-state index in [2.05, 4.69) is 41.6 Å². The summed E-state index contributed by atoms with van der Waals surface area (Å²) in [5.41, 5.74) is 4.92. The van der Waals surface area contributed by atoms with Crippen molar-refractivity contribution in [3.05, 3.63) is 95.2 Å². The van der Waals surface area contributed by atoms with Gasteiger partial charge >= 0.3 is 0 Å². The van der Waals surface area contributed by atoms with Gasteiger partial charge in [0.2, 0.25) is 0 Å². The minimum absolute atomic E-state index is 0.119. The maximum atomic E-state index is 12.8. The first-order chi connectivity index (χ1) is 14.6. The molecule has 1 heterocycles. The van der Waals surface area contributed by atoms with Crippen molar-refractivity contribution in [3.8, 4) is 5.75 Å². The molecule has 4 rings (SSSR count). The average Bonchev–Trinajstić information content (AvgIpc) is 3.16. The Morgan fingerprint density at radius 3 is 2.67 bits per heavy atom. The van der Waals surface area contributed by atoms with E-state index in [9.17, 15) is 4.79 Å². The number of carbonyl (C=O) groups is 1. The highest BCUT2D eigenvalue weighted by Crippen LogP contribution is 2.20. The van der Waals surface area contributed by atoms with E-state index in [1.807, 2.05) is 60.3 Å². The predicted octanol–water partition coefficient (Wildman–Crippen LogP) is 4.72. The van der Waals surface area contributed by atoms with E-state index in [4.69, 9.17) is 4.74 Å². The summed E-state index contributed by atoms with van der Waals surface area (Å²) < 4.78 is 7.57. The fraction of sp³-hybridized carbons (Fsp3) is 0.200. The molecule has 0 fully saturated rings. The van der Waals surface area contributed by atoms with E-state index in [1.165, 1.54) is 11.1 Å². The van der Waals surface area contributed by atoms with Crippen molar-refractivity contribution in [1.29, 1.82) is 0 Å². The molecule has 0 aliphatic rings. The number of amides is 1. The first-order valence-electron chi connectivity index (χ1n) is 10.1. The number of hydrogen-bond acceptors (Lipinski definition) is 3. The number of ether oxygens (including phenoxy) is 1. The number of carbonyl (C=O) groups excluding carboxylic acids is 1. The lowest BCUT2D eigenvalue weighted by Crippen LogP contribution is -2.23. The number of para-hydroxylation sites is 1. The van der Waals surface area contributed by atoms with Crippen molar-refractivity contribution >= 4 is 16.8 Å². The lowest BCUT2D eigenvalue weighted by atomic mass is 10.1. The molecule has 4 aromatic rings. The van der Waals surface area contributed by atoms with Crippen LogP contribution in [0.2, 0.25) is 0 Å². The molecule has 0 saturated carbocycles. The van der Waals surface area contributed by atoms with Gasteiger partial charge in [0.25, 0.3) is 5.91 Å². The Labute approximate surface area is 176 Å². The van der Waals surface area contributed by atoms with Crippen LogP contribution in [0.15, 0.2) is 72.9 Å². The second kappa shape index (κ2) is 8.82. The molecular formula is C25H25N3O2. The zero-order valence-electron chi connectivity index (χ0n) is 17.3. The predicted molar refractivity (Wildman–Crippen MR) is 119 cm³/mol. The molecule has 0 unspecified atom stereocenters. The standard InChI is InChI=1S/C25H25N3O2/c1-3-30-24-7-5-4-6-22(24)15-26-25(29)20-12-13-21-16-27-28(23(21)14-20)17-19-10-8-18(2)9-11-19/h4-14,16H,3,15,17H2,1-2H3,(H,26,29). The number of aryl methyl sites for hydroxylation is 1. The molecule has 0 atom stereocenters. The van der Waals surface area contributed by atoms with Crippen LogP contribution in [-0.2, 0) is 13.1 Å². The lowest BCUT2D eigenvalue weighted by Gasteiger charge is -2.11. The van der Waals surface area contributed by atoms with Crippen LogP contribution in [-0.4, -0.2) is 22.3 Å². The average molecular weight is 399 g/mol. The topological polar surface area (TPSA) is 56.1 Å². The van der Waals surface area contributed by atoms with E-state index >= 15 is 0 Å². The molecular weight excluding hydrogens is 374 g/mol. The number of nitrogens with zero attached hydrogens (tertiary/aromatic N) is 2. The fourth-order valence-corrected chi connectivity index (χ4v) is 3.43. The second-order valence-electron chi connectivity index (χ2n) is 7.28. The van der Waals surface area contributed by atoms with E-state index in [-0.39, 0.29) is 5.91 Å². The molecule has 3 aromatic carbocycles. The number of benzene rings is 3. The number of aromatic nitrogens is 2. The molecule has 0 aliphatic heterocycles. The van der Waals surface area contributed by atoms with E-state index < -0.39 is 0 Å². The summed E-state index contributed by atoms with van der Waals surface area (Å²) in [7, 11) is 0. The third-order valence-electron chi connectivity index (χ3n) is 5.07. The molecule has 30 heavy (non-hydrogen) atoms. The summed E-state index contributed by atoms with van der Waals surface area (Å²) in [6, 6.07) is 21.8. The largest absolute Gasteiger partial charge is 0.494 e. The monoisotopic (exact) mass is 399 g/mol. The number of fused-ring (bicyclic) bond motifs is 1. The van der Waals surface area contributed by atoms with Crippen LogP contribution in [0.5, 0.6) is 5.75 Å². The number of hydrogen-bond donors (Lipinski definition) is 1. The van der Waals surface area contributed by atoms with Crippen LogP contribution >= 0.6 is 0 Å². The zero-order valence-corrected chi connectivity index (χ0v) is 17.3. The van der Waals surface area contributed by atoms with Gasteiger partial charge in [0.05, 0.1) is 24.9 Å². The van der Waals surface area contributed by atoms with Gasteiger partial charge in [-0.05, 0) is 37.6 Å². The Kier molecular flexibility index (Phi) is 5.80. The van der Waals surface area contributed by atoms with Gasteiger partial charge in [-0.25, -0.2) is 0 Å². The summed E-state index contributed by atoms with van der Waals surface area (Å²) >= 11 is 0. The van der Waals surface area contributed by atoms with Crippen molar-refractivity contribution < 1.29 is 9.53 Å². The third kappa shape index (κ3) is 4.35. The van der Waals surface area contributed by atoms with Crippen LogP contribution < -0.4 is 10.1 Å². The minimum Gasteiger partial charge on any atom is -0.494 e. The van der Waals surface area contributed by atoms with Crippen molar-refractivity contribution in [1.82, 2.24) is 15.1 Å². The van der Waals surface area contributed by atoms with Crippen molar-refractivity contribution in [3.63, 3.8) is 0 Å². The first-order valence-corrected chi connectivity index (χ1v) is 10.1. The molecule has 0 radical (unpaired) electrons. The van der Waals surface area contributed by atoms with Gasteiger partial charge in [0, 0.05) is 23.1 Å². The maximum absolute atomic E-state index is 12.8. The van der Waals surface area contributed by atoms with Gasteiger partial charge in [0.15, 0.2) is 0 Å². The van der Waals surface area contributed by atoms with Crippen LogP contribution in [0.25, 0.3) is 10.9 Å². The van der Waals surface area contributed by atoms with Crippen LogP contribution in [0.1, 0.15) is 34.0 Å². The van der Waals surface area contributed by atoms with Crippen molar-refractivity contribution in [2.24, 2.45) is 0 Å². The highest BCUT2D eigenvalue weighted by Gasteiger charge is 2.11. The summed E-state index contributed by atoms with van der Waals surface area (Å²) in [6.45, 7) is 5.69. The molecule has 152 valence electrons. The first kappa shape index (κ1) is 19.7. The zero-order chi connectivity index (χ0) is 20.9. The Morgan fingerprint density at radius 2 is 1.87 bits per heavy atom.